The maximum Gasteiger partial charge on any atom is 0.225 e. The summed E-state index contributed by atoms with van der Waals surface area (Å²) in [4.78, 5) is 28.6. The minimum atomic E-state index is 0.00175. The fraction of sp³-hybridized carbons (Fsp3) is 0.619. The van der Waals surface area contributed by atoms with E-state index in [-0.39, 0.29) is 17.7 Å². The van der Waals surface area contributed by atoms with Crippen LogP contribution in [0.3, 0.4) is 0 Å². The summed E-state index contributed by atoms with van der Waals surface area (Å²) in [5, 5.41) is 0. The quantitative estimate of drug-likeness (QED) is 0.734. The summed E-state index contributed by atoms with van der Waals surface area (Å²) in [6.07, 6.45) is 1.95. The van der Waals surface area contributed by atoms with Crippen LogP contribution >= 0.6 is 0 Å². The molecule has 0 radical (unpaired) electrons. The molecule has 0 unspecified atom stereocenters. The van der Waals surface area contributed by atoms with Gasteiger partial charge in [0.2, 0.25) is 11.8 Å². The van der Waals surface area contributed by atoms with E-state index in [0.717, 1.165) is 24.3 Å². The lowest BCUT2D eigenvalue weighted by Gasteiger charge is -2.23. The number of ether oxygens (including phenoxy) is 2. The van der Waals surface area contributed by atoms with E-state index < -0.39 is 0 Å². The number of nitrogens with zero attached hydrogens (tertiary/aromatic N) is 2. The summed E-state index contributed by atoms with van der Waals surface area (Å²) in [5.74, 6) is 1.73. The van der Waals surface area contributed by atoms with Crippen molar-refractivity contribution in [2.75, 3.05) is 39.9 Å². The SMILES string of the molecule is CCOc1ccc(CCC(=O)N2CCCN(C(=O)C(C)C)CC2)cc1OC. The highest BCUT2D eigenvalue weighted by atomic mass is 16.5. The number of hydrogen-bond acceptors (Lipinski definition) is 4. The van der Waals surface area contributed by atoms with Gasteiger partial charge in [-0.3, -0.25) is 9.59 Å². The highest BCUT2D eigenvalue weighted by Gasteiger charge is 2.23. The average Bonchev–Trinajstić information content (AvgIpc) is 2.92. The van der Waals surface area contributed by atoms with Crippen molar-refractivity contribution in [2.24, 2.45) is 5.92 Å². The number of hydrogen-bond donors (Lipinski definition) is 0. The molecule has 6 nitrogen and oxygen atoms in total. The Labute approximate surface area is 162 Å². The summed E-state index contributed by atoms with van der Waals surface area (Å²) in [6.45, 7) is 9.04. The first-order valence-electron chi connectivity index (χ1n) is 9.82. The second-order valence-corrected chi connectivity index (χ2v) is 7.13. The lowest BCUT2D eigenvalue weighted by Crippen LogP contribution is -2.39. The highest BCUT2D eigenvalue weighted by molar-refractivity contribution is 5.79. The minimum Gasteiger partial charge on any atom is -0.493 e. The predicted molar refractivity (Wildman–Crippen MR) is 105 cm³/mol. The fourth-order valence-electron chi connectivity index (χ4n) is 3.30. The van der Waals surface area contributed by atoms with Crippen molar-refractivity contribution in [3.05, 3.63) is 23.8 Å². The van der Waals surface area contributed by atoms with E-state index in [0.29, 0.717) is 44.8 Å². The molecule has 27 heavy (non-hydrogen) atoms. The summed E-state index contributed by atoms with van der Waals surface area (Å²) in [6, 6.07) is 5.81. The Morgan fingerprint density at radius 2 is 1.78 bits per heavy atom. The smallest absolute Gasteiger partial charge is 0.225 e. The molecule has 1 aliphatic rings. The van der Waals surface area contributed by atoms with Crippen LogP contribution in [0.1, 0.15) is 39.2 Å². The molecular weight excluding hydrogens is 344 g/mol. The van der Waals surface area contributed by atoms with Crippen molar-refractivity contribution in [2.45, 2.75) is 40.0 Å². The first kappa shape index (κ1) is 21.1. The van der Waals surface area contributed by atoms with Gasteiger partial charge in [-0.2, -0.15) is 0 Å². The van der Waals surface area contributed by atoms with Crippen LogP contribution in [0.5, 0.6) is 11.5 Å². The topological polar surface area (TPSA) is 59.1 Å². The average molecular weight is 376 g/mol. The number of amides is 2. The summed E-state index contributed by atoms with van der Waals surface area (Å²) < 4.78 is 10.9. The van der Waals surface area contributed by atoms with Crippen molar-refractivity contribution in [1.82, 2.24) is 9.80 Å². The van der Waals surface area contributed by atoms with Gasteiger partial charge in [0.05, 0.1) is 13.7 Å². The van der Waals surface area contributed by atoms with Crippen molar-refractivity contribution in [3.63, 3.8) is 0 Å². The van der Waals surface area contributed by atoms with Gasteiger partial charge < -0.3 is 19.3 Å². The second kappa shape index (κ2) is 10.2. The Balaban J connectivity index is 1.89. The standard InChI is InChI=1S/C21H32N2O4/c1-5-27-18-9-7-17(15-19(18)26-4)8-10-20(24)22-11-6-12-23(14-13-22)21(25)16(2)3/h7,9,15-16H,5-6,8,10-14H2,1-4H3. The molecule has 1 aromatic rings. The molecule has 0 N–H and O–H groups in total. The van der Waals surface area contributed by atoms with E-state index in [9.17, 15) is 9.59 Å². The van der Waals surface area contributed by atoms with E-state index in [2.05, 4.69) is 0 Å². The van der Waals surface area contributed by atoms with Crippen LogP contribution in [-0.2, 0) is 16.0 Å². The molecule has 6 heteroatoms. The lowest BCUT2D eigenvalue weighted by molar-refractivity contribution is -0.135. The fourth-order valence-corrected chi connectivity index (χ4v) is 3.30. The lowest BCUT2D eigenvalue weighted by atomic mass is 10.1. The number of carbonyl (C=O) groups is 2. The highest BCUT2D eigenvalue weighted by Crippen LogP contribution is 2.28. The van der Waals surface area contributed by atoms with Crippen LogP contribution < -0.4 is 9.47 Å². The van der Waals surface area contributed by atoms with Crippen LogP contribution in [-0.4, -0.2) is 61.5 Å². The predicted octanol–water partition coefficient (Wildman–Crippen LogP) is 2.74. The van der Waals surface area contributed by atoms with Gasteiger partial charge in [0.15, 0.2) is 11.5 Å². The third kappa shape index (κ3) is 5.88. The summed E-state index contributed by atoms with van der Waals surface area (Å²) >= 11 is 0. The van der Waals surface area contributed by atoms with Gasteiger partial charge in [-0.25, -0.2) is 0 Å². The number of methoxy groups -OCH3 is 1. The van der Waals surface area contributed by atoms with Crippen LogP contribution in [0.2, 0.25) is 0 Å². The normalized spacial score (nSPS) is 14.9. The van der Waals surface area contributed by atoms with Crippen LogP contribution in [0.15, 0.2) is 18.2 Å². The molecule has 0 spiro atoms. The summed E-state index contributed by atoms with van der Waals surface area (Å²) in [7, 11) is 1.62. The third-order valence-corrected chi connectivity index (χ3v) is 4.81. The molecule has 0 saturated carbocycles. The minimum absolute atomic E-state index is 0.00175. The first-order chi connectivity index (χ1) is 13.0. The van der Waals surface area contributed by atoms with Gasteiger partial charge in [-0.15, -0.1) is 0 Å². The van der Waals surface area contributed by atoms with E-state index in [1.807, 2.05) is 48.8 Å². The van der Waals surface area contributed by atoms with Gasteiger partial charge >= 0.3 is 0 Å². The van der Waals surface area contributed by atoms with E-state index >= 15 is 0 Å². The molecule has 1 fully saturated rings. The maximum absolute atomic E-state index is 12.6. The third-order valence-electron chi connectivity index (χ3n) is 4.81. The molecule has 150 valence electrons. The Morgan fingerprint density at radius 1 is 1.07 bits per heavy atom. The number of benzene rings is 1. The Morgan fingerprint density at radius 3 is 2.44 bits per heavy atom. The molecule has 2 rings (SSSR count). The van der Waals surface area contributed by atoms with E-state index in [1.54, 1.807) is 7.11 Å². The molecule has 0 bridgehead atoms. The monoisotopic (exact) mass is 376 g/mol. The van der Waals surface area contributed by atoms with Gasteiger partial charge in [-0.05, 0) is 37.5 Å². The number of aryl methyl sites for hydroxylation is 1. The largest absolute Gasteiger partial charge is 0.493 e. The molecule has 0 aromatic heterocycles. The first-order valence-corrected chi connectivity index (χ1v) is 9.82. The Bertz CT molecular complexity index is 645. The molecule has 1 aliphatic heterocycles. The van der Waals surface area contributed by atoms with Crippen molar-refractivity contribution in [3.8, 4) is 11.5 Å². The maximum atomic E-state index is 12.6. The van der Waals surface area contributed by atoms with Crippen molar-refractivity contribution in [1.29, 1.82) is 0 Å². The zero-order valence-corrected chi connectivity index (χ0v) is 17.0. The molecule has 1 heterocycles. The molecule has 1 aromatic carbocycles. The van der Waals surface area contributed by atoms with Crippen LogP contribution in [0.25, 0.3) is 0 Å². The number of carbonyl (C=O) groups excluding carboxylic acids is 2. The van der Waals surface area contributed by atoms with E-state index in [4.69, 9.17) is 9.47 Å². The molecule has 0 aliphatic carbocycles. The molecule has 1 saturated heterocycles. The van der Waals surface area contributed by atoms with E-state index in [1.165, 1.54) is 0 Å². The molecule has 0 atom stereocenters. The van der Waals surface area contributed by atoms with Gasteiger partial charge in [0.25, 0.3) is 0 Å². The summed E-state index contributed by atoms with van der Waals surface area (Å²) in [5.41, 5.74) is 1.05. The Kier molecular flexibility index (Phi) is 7.95. The number of rotatable bonds is 7. The molecular formula is C21H32N2O4. The van der Waals surface area contributed by atoms with Crippen molar-refractivity contribution < 1.29 is 19.1 Å². The zero-order chi connectivity index (χ0) is 19.8. The zero-order valence-electron chi connectivity index (χ0n) is 17.0. The van der Waals surface area contributed by atoms with Crippen LogP contribution in [0, 0.1) is 5.92 Å². The Hall–Kier alpha value is -2.24. The van der Waals surface area contributed by atoms with Gasteiger partial charge in [0.1, 0.15) is 0 Å². The molecule has 2 amide bonds. The van der Waals surface area contributed by atoms with Gasteiger partial charge in [0, 0.05) is 38.5 Å². The van der Waals surface area contributed by atoms with Gasteiger partial charge in [-0.1, -0.05) is 19.9 Å². The van der Waals surface area contributed by atoms with Crippen LogP contribution in [0.4, 0.5) is 0 Å². The van der Waals surface area contributed by atoms with Crippen molar-refractivity contribution >= 4 is 11.8 Å². The second-order valence-electron chi connectivity index (χ2n) is 7.13.